The molecule has 0 aliphatic carbocycles. The minimum Gasteiger partial charge on any atom is -0.496 e. The molecular weight excluding hydrogens is 1350 g/mol. The fraction of sp³-hybridized carbons (Fsp3) is 0.721. The number of rotatable bonds is 40. The number of hydrogen-bond donors (Lipinski definition) is 12. The van der Waals surface area contributed by atoms with Crippen LogP contribution in [0.25, 0.3) is 21.3 Å². The Hall–Kier alpha value is -6.88. The number of nitrogens with zero attached hydrogens (tertiary/aromatic N) is 4. The van der Waals surface area contributed by atoms with Crippen LogP contribution >= 0.6 is 11.8 Å². The first kappa shape index (κ1) is 82.8. The van der Waals surface area contributed by atoms with E-state index in [0.717, 1.165) is 4.90 Å². The van der Waals surface area contributed by atoms with Gasteiger partial charge in [-0.05, 0) is 29.1 Å². The molecule has 11 atom stereocenters. The number of methoxy groups -OCH3 is 1. The summed E-state index contributed by atoms with van der Waals surface area (Å²) in [4.78, 5) is 134. The number of fused-ring (bicyclic) bond motifs is 5. The molecule has 0 spiro atoms. The second-order valence-electron chi connectivity index (χ2n) is 23.1. The van der Waals surface area contributed by atoms with Crippen molar-refractivity contribution in [3.63, 3.8) is 0 Å². The number of thioether (sulfide) groups is 1. The second-order valence-corrected chi connectivity index (χ2v) is 25.6. The molecule has 2 bridgehead atoms. The van der Waals surface area contributed by atoms with E-state index in [-0.39, 0.29) is 36.1 Å². The average molecular weight is 1440 g/mol. The van der Waals surface area contributed by atoms with Gasteiger partial charge in [-0.3, -0.25) is 47.4 Å². The summed E-state index contributed by atoms with van der Waals surface area (Å²) in [6.45, 7) is 8.69. The van der Waals surface area contributed by atoms with Gasteiger partial charge in [-0.15, -0.1) is 0 Å². The Morgan fingerprint density at radius 2 is 1.26 bits per heavy atom. The highest BCUT2D eigenvalue weighted by Crippen LogP contribution is 2.36. The molecule has 2 aromatic rings. The van der Waals surface area contributed by atoms with E-state index in [1.54, 1.807) is 26.0 Å². The molecule has 556 valence electrons. The number of nitrogens with one attached hydrogen (secondary N) is 8. The van der Waals surface area contributed by atoms with Gasteiger partial charge in [0, 0.05) is 59.2 Å². The third-order valence-electron chi connectivity index (χ3n) is 16.0. The predicted octanol–water partition coefficient (Wildman–Crippen LogP) is -3.92. The predicted molar refractivity (Wildman–Crippen MR) is 355 cm³/mol. The normalized spacial score (nSPS) is 22.5. The standard InChI is InChI=1S/C61H97N13O23S2/c1-5-37(2)52-58(84)65-31-50(79)67-45-36-99(87)60-41(29-43(55(81)64-32-51(80)70-52)68-59(85)53(38(3)47(77)34-75)71-57(83)46-28-39(76)33-74(46)61(86)44(30-49(62)78)69-56(45)82)40-6-7-48(88-4)42(54(40)72-60)35-98-27-26-97-25-24-96-23-22-95-21-20-94-19-18-93-17-16-92-15-14-91-13-12-90-11-10-89-9-8-66-73-63/h6-7,37-39,43-47,52-53,72,75-77H,5,8-36H2,1-4H3,(H2,62,78)(H,64,81)(H,65,84)(H,67,79)(H,68,85)(H,69,82)(H,70,80)(H,71,83)/t37-,38-,39+,43-,44-,45-,46-,47-,52-,53-,99?/m0/s1. The molecule has 38 heteroatoms. The summed E-state index contributed by atoms with van der Waals surface area (Å²) >= 11 is 1.44. The monoisotopic (exact) mass is 1440 g/mol. The number of azide groups is 1. The highest BCUT2D eigenvalue weighted by Gasteiger charge is 2.45. The van der Waals surface area contributed by atoms with Crippen LogP contribution < -0.4 is 47.7 Å². The average Bonchev–Trinajstić information content (AvgIpc) is 1.62. The fourth-order valence-corrected chi connectivity index (χ4v) is 12.7. The van der Waals surface area contributed by atoms with Crippen molar-refractivity contribution in [2.45, 2.75) is 106 Å². The van der Waals surface area contributed by atoms with Gasteiger partial charge in [0.05, 0.1) is 186 Å². The molecule has 1 unspecified atom stereocenters. The number of carbonyl (C=O) groups is 9. The van der Waals surface area contributed by atoms with E-state index in [4.69, 9.17) is 58.6 Å². The Kier molecular flexibility index (Phi) is 38.3. The number of benzene rings is 1. The number of aliphatic hydroxyl groups is 3. The van der Waals surface area contributed by atoms with Gasteiger partial charge in [-0.1, -0.05) is 32.3 Å². The van der Waals surface area contributed by atoms with E-state index in [0.29, 0.717) is 140 Å². The van der Waals surface area contributed by atoms with Gasteiger partial charge in [-0.2, -0.15) is 11.8 Å². The largest absolute Gasteiger partial charge is 0.496 e. The van der Waals surface area contributed by atoms with Crippen molar-refractivity contribution < 1.29 is 110 Å². The van der Waals surface area contributed by atoms with Crippen LogP contribution in [0.1, 0.15) is 51.2 Å². The molecule has 13 N–H and O–H groups in total. The molecule has 0 radical (unpaired) electrons. The van der Waals surface area contributed by atoms with Crippen LogP contribution in [0, 0.1) is 11.8 Å². The number of aliphatic hydroxyl groups excluding tert-OH is 3. The lowest BCUT2D eigenvalue weighted by Gasteiger charge is -2.32. The summed E-state index contributed by atoms with van der Waals surface area (Å²) in [5.41, 5.74) is 14.8. The zero-order chi connectivity index (χ0) is 72.1. The fourth-order valence-electron chi connectivity index (χ4n) is 10.5. The lowest BCUT2D eigenvalue weighted by molar-refractivity contribution is -0.144. The number of carbonyl (C=O) groups excluding carboxylic acids is 9. The zero-order valence-corrected chi connectivity index (χ0v) is 58.0. The number of H-pyrrole nitrogens is 1. The Morgan fingerprint density at radius 1 is 0.717 bits per heavy atom. The molecule has 1 fully saturated rings. The molecule has 1 aromatic carbocycles. The molecule has 3 aliphatic rings. The van der Waals surface area contributed by atoms with E-state index in [1.165, 1.54) is 25.8 Å². The first-order valence-electron chi connectivity index (χ1n) is 32.7. The highest BCUT2D eigenvalue weighted by molar-refractivity contribution is 7.98. The van der Waals surface area contributed by atoms with E-state index in [2.05, 4.69) is 52.2 Å². The molecule has 0 saturated carbocycles. The number of ether oxygens (including phenoxy) is 10. The van der Waals surface area contributed by atoms with Crippen LogP contribution in [-0.4, -0.2) is 301 Å². The topological polar surface area (TPSA) is 502 Å². The molecule has 36 nitrogen and oxygen atoms in total. The third-order valence-corrected chi connectivity index (χ3v) is 18.4. The Balaban J connectivity index is 1.27. The molecule has 9 amide bonds. The summed E-state index contributed by atoms with van der Waals surface area (Å²) < 4.78 is 70.9. The number of nitrogens with two attached hydrogens (primary N) is 1. The van der Waals surface area contributed by atoms with Crippen molar-refractivity contribution in [1.29, 1.82) is 0 Å². The van der Waals surface area contributed by atoms with Gasteiger partial charge in [0.15, 0.2) is 0 Å². The number of aromatic amines is 1. The second kappa shape index (κ2) is 45.8. The first-order valence-corrected chi connectivity index (χ1v) is 35.2. The zero-order valence-electron chi connectivity index (χ0n) is 56.3. The molecule has 5 rings (SSSR count). The van der Waals surface area contributed by atoms with Crippen LogP contribution in [0.2, 0.25) is 0 Å². The molecular formula is C61H97N13O23S2. The first-order chi connectivity index (χ1) is 47.7. The summed E-state index contributed by atoms with van der Waals surface area (Å²) in [7, 11) is -1.01. The van der Waals surface area contributed by atoms with Crippen molar-refractivity contribution in [2.75, 3.05) is 170 Å². The molecule has 1 saturated heterocycles. The molecule has 3 aliphatic heterocycles. The van der Waals surface area contributed by atoms with E-state index < -0.39 is 176 Å². The van der Waals surface area contributed by atoms with Crippen LogP contribution in [0.3, 0.4) is 0 Å². The van der Waals surface area contributed by atoms with Crippen molar-refractivity contribution in [3.05, 3.63) is 33.7 Å². The van der Waals surface area contributed by atoms with Crippen molar-refractivity contribution >= 4 is 86.6 Å². The lowest BCUT2D eigenvalue weighted by atomic mass is 9.93. The molecule has 1 aromatic heterocycles. The Bertz CT molecular complexity index is 3000. The van der Waals surface area contributed by atoms with E-state index in [1.807, 2.05) is 0 Å². The van der Waals surface area contributed by atoms with Gasteiger partial charge in [0.1, 0.15) is 47.0 Å². The number of hydrogen-bond acceptors (Lipinski definition) is 25. The number of amides is 9. The van der Waals surface area contributed by atoms with Gasteiger partial charge >= 0.3 is 0 Å². The van der Waals surface area contributed by atoms with Crippen molar-refractivity contribution in [1.82, 2.24) is 47.1 Å². The maximum atomic E-state index is 15.3. The lowest BCUT2D eigenvalue weighted by Crippen LogP contribution is -2.62. The van der Waals surface area contributed by atoms with Crippen LogP contribution in [0.5, 0.6) is 5.75 Å². The summed E-state index contributed by atoms with van der Waals surface area (Å²) in [6, 6.07) is -6.93. The smallest absolute Gasteiger partial charge is 0.246 e. The maximum Gasteiger partial charge on any atom is 0.246 e. The molecule has 4 heterocycles. The maximum absolute atomic E-state index is 15.3. The van der Waals surface area contributed by atoms with E-state index in [9.17, 15) is 58.5 Å². The van der Waals surface area contributed by atoms with Gasteiger partial charge in [-0.25, -0.2) is 0 Å². The van der Waals surface area contributed by atoms with Gasteiger partial charge in [0.2, 0.25) is 53.2 Å². The van der Waals surface area contributed by atoms with Crippen molar-refractivity contribution in [3.8, 4) is 5.75 Å². The number of aromatic nitrogens is 1. The van der Waals surface area contributed by atoms with Gasteiger partial charge in [0.25, 0.3) is 0 Å². The summed E-state index contributed by atoms with van der Waals surface area (Å²) in [5.74, 6) is -10.9. The third kappa shape index (κ3) is 28.2. The quantitative estimate of drug-likeness (QED) is 0.0131. The van der Waals surface area contributed by atoms with Crippen LogP contribution in [0.15, 0.2) is 22.3 Å². The number of primary amides is 1. The SMILES string of the molecule is CC[C@H](C)[C@@H]1NC(=O)CNC(=O)[C@@H]2Cc3c([nH]c4c(CSCCOCCOCCOCCOCCOCCOCCOCCOCCOCCN=[N+]=[N-])c(OC)ccc34)S(=O)C[C@H](NC(=O)CNC1=O)C(=O)N[C@@H](CC(N)=O)C(=O)N1C[C@H](O)C[C@H]1C(=O)N[C@@H]([C@@H](C)[C@@H](O)CO)C(=O)N2. The van der Waals surface area contributed by atoms with E-state index >= 15 is 4.21 Å². The van der Waals surface area contributed by atoms with Crippen molar-refractivity contribution in [2.24, 2.45) is 22.7 Å². The van der Waals surface area contributed by atoms with Gasteiger partial charge < -0.3 is 116 Å². The Morgan fingerprint density at radius 3 is 1.80 bits per heavy atom. The summed E-state index contributed by atoms with van der Waals surface area (Å²) in [5, 5.41) is 53.1. The minimum atomic E-state index is -2.44. The van der Waals surface area contributed by atoms with Crippen LogP contribution in [0.4, 0.5) is 0 Å². The Labute approximate surface area is 579 Å². The minimum absolute atomic E-state index is 0.113. The summed E-state index contributed by atoms with van der Waals surface area (Å²) in [6.07, 6.45) is -4.55. The molecule has 99 heavy (non-hydrogen) atoms. The highest BCUT2D eigenvalue weighted by atomic mass is 32.2. The van der Waals surface area contributed by atoms with Crippen LogP contribution in [-0.2, 0) is 109 Å².